The summed E-state index contributed by atoms with van der Waals surface area (Å²) in [4.78, 5) is 0. The van der Waals surface area contributed by atoms with Crippen molar-refractivity contribution >= 4 is 22.6 Å². The van der Waals surface area contributed by atoms with Gasteiger partial charge >= 0.3 is 0 Å². The molecule has 62 valence electrons. The second kappa shape index (κ2) is 6.84. The maximum Gasteiger partial charge on any atom is 0.115 e. The molecular formula is C9H11IOZn. The number of hydrogen-bond acceptors (Lipinski definition) is 1. The van der Waals surface area contributed by atoms with Crippen LogP contribution < -0.4 is 0 Å². The second-order valence-corrected chi connectivity index (χ2v) is 3.54. The molecule has 0 aliphatic rings. The van der Waals surface area contributed by atoms with E-state index in [4.69, 9.17) is 5.11 Å². The van der Waals surface area contributed by atoms with Gasteiger partial charge in [0, 0.05) is 19.5 Å². The molecule has 0 unspecified atom stereocenters. The Balaban J connectivity index is 0.00000121. The number of alkyl halides is 1. The van der Waals surface area contributed by atoms with Gasteiger partial charge in [-0.1, -0.05) is 34.7 Å². The third-order valence-corrected chi connectivity index (χ3v) is 2.30. The van der Waals surface area contributed by atoms with E-state index < -0.39 is 0 Å². The molecule has 0 aliphatic carbocycles. The normalized spacial score (nSPS) is 9.08. The molecule has 0 amide bonds. The van der Waals surface area contributed by atoms with Crippen molar-refractivity contribution in [2.45, 2.75) is 12.8 Å². The van der Waals surface area contributed by atoms with Gasteiger partial charge in [-0.25, -0.2) is 0 Å². The minimum Gasteiger partial charge on any atom is -0.508 e. The average molecular weight is 327 g/mol. The molecule has 0 fully saturated rings. The van der Waals surface area contributed by atoms with E-state index >= 15 is 0 Å². The van der Waals surface area contributed by atoms with Gasteiger partial charge in [-0.2, -0.15) is 0 Å². The van der Waals surface area contributed by atoms with Gasteiger partial charge in [0.1, 0.15) is 5.75 Å². The Morgan fingerprint density at radius 3 is 2.25 bits per heavy atom. The summed E-state index contributed by atoms with van der Waals surface area (Å²) in [6, 6.07) is 7.42. The number of halogens is 1. The van der Waals surface area contributed by atoms with Crippen molar-refractivity contribution in [2.24, 2.45) is 0 Å². The predicted molar refractivity (Wildman–Crippen MR) is 55.3 cm³/mol. The van der Waals surface area contributed by atoms with Crippen LogP contribution in [0.5, 0.6) is 5.75 Å². The van der Waals surface area contributed by atoms with Crippen molar-refractivity contribution in [3.8, 4) is 5.75 Å². The van der Waals surface area contributed by atoms with E-state index in [1.165, 1.54) is 16.4 Å². The standard InChI is InChI=1S/C9H11IO.Zn/c10-7-1-2-8-3-5-9(11)6-4-8;/h3-6,11H,1-2,7H2;. The number of benzene rings is 1. The first-order chi connectivity index (χ1) is 5.33. The third kappa shape index (κ3) is 4.41. The number of rotatable bonds is 3. The van der Waals surface area contributed by atoms with Crippen LogP contribution >= 0.6 is 22.6 Å². The maximum atomic E-state index is 8.98. The quantitative estimate of drug-likeness (QED) is 0.514. The van der Waals surface area contributed by atoms with Crippen LogP contribution in [0.4, 0.5) is 0 Å². The molecular weight excluding hydrogens is 316 g/mol. The Hall–Kier alpha value is 0.373. The van der Waals surface area contributed by atoms with E-state index in [0.717, 1.165) is 6.42 Å². The van der Waals surface area contributed by atoms with Gasteiger partial charge in [-0.15, -0.1) is 0 Å². The van der Waals surface area contributed by atoms with Gasteiger partial charge in [-0.3, -0.25) is 0 Å². The molecule has 1 N–H and O–H groups in total. The Kier molecular flexibility index (Phi) is 7.06. The molecule has 1 nitrogen and oxygen atoms in total. The van der Waals surface area contributed by atoms with Gasteiger partial charge in [0.25, 0.3) is 0 Å². The Bertz CT molecular complexity index is 210. The van der Waals surface area contributed by atoms with Gasteiger partial charge in [0.15, 0.2) is 0 Å². The summed E-state index contributed by atoms with van der Waals surface area (Å²) in [5.41, 5.74) is 1.31. The molecule has 1 aromatic rings. The molecule has 0 radical (unpaired) electrons. The number of aryl methyl sites for hydroxylation is 1. The summed E-state index contributed by atoms with van der Waals surface area (Å²) in [5.74, 6) is 0.350. The molecule has 0 spiro atoms. The van der Waals surface area contributed by atoms with Gasteiger partial charge in [0.2, 0.25) is 0 Å². The monoisotopic (exact) mass is 326 g/mol. The molecule has 12 heavy (non-hydrogen) atoms. The van der Waals surface area contributed by atoms with Crippen molar-refractivity contribution in [1.29, 1.82) is 0 Å². The first-order valence-corrected chi connectivity index (χ1v) is 5.19. The fraction of sp³-hybridized carbons (Fsp3) is 0.333. The van der Waals surface area contributed by atoms with Crippen molar-refractivity contribution < 1.29 is 24.6 Å². The van der Waals surface area contributed by atoms with Gasteiger partial charge in [-0.05, 0) is 35.0 Å². The number of aromatic hydroxyl groups is 1. The van der Waals surface area contributed by atoms with E-state index in [2.05, 4.69) is 22.6 Å². The molecule has 0 heterocycles. The van der Waals surface area contributed by atoms with Gasteiger partial charge < -0.3 is 5.11 Å². The Morgan fingerprint density at radius 1 is 1.17 bits per heavy atom. The molecule has 0 aromatic heterocycles. The maximum absolute atomic E-state index is 8.98. The Labute approximate surface area is 99.5 Å². The van der Waals surface area contributed by atoms with Crippen LogP contribution in [-0.2, 0) is 25.9 Å². The summed E-state index contributed by atoms with van der Waals surface area (Å²) in [7, 11) is 0. The second-order valence-electron chi connectivity index (χ2n) is 2.46. The Morgan fingerprint density at radius 2 is 1.75 bits per heavy atom. The van der Waals surface area contributed by atoms with E-state index in [9.17, 15) is 0 Å². The molecule has 1 aromatic carbocycles. The minimum absolute atomic E-state index is 0. The SMILES string of the molecule is Oc1ccc(CCCI)cc1.[Zn]. The van der Waals surface area contributed by atoms with Crippen LogP contribution in [0.25, 0.3) is 0 Å². The fourth-order valence-corrected chi connectivity index (χ4v) is 1.31. The molecule has 0 atom stereocenters. The summed E-state index contributed by atoms with van der Waals surface area (Å²) >= 11 is 2.37. The molecule has 3 heteroatoms. The van der Waals surface area contributed by atoms with E-state index in [1.807, 2.05) is 12.1 Å². The number of phenols is 1. The van der Waals surface area contributed by atoms with E-state index in [0.29, 0.717) is 5.75 Å². The van der Waals surface area contributed by atoms with Crippen LogP contribution in [0.1, 0.15) is 12.0 Å². The zero-order valence-electron chi connectivity index (χ0n) is 6.96. The summed E-state index contributed by atoms with van der Waals surface area (Å²) in [6.45, 7) is 0. The topological polar surface area (TPSA) is 20.2 Å². The van der Waals surface area contributed by atoms with Crippen LogP contribution in [0.2, 0.25) is 0 Å². The first kappa shape index (κ1) is 12.4. The molecule has 0 bridgehead atoms. The van der Waals surface area contributed by atoms with E-state index in [-0.39, 0.29) is 19.5 Å². The van der Waals surface area contributed by atoms with Crippen molar-refractivity contribution in [3.63, 3.8) is 0 Å². The van der Waals surface area contributed by atoms with Crippen molar-refractivity contribution in [1.82, 2.24) is 0 Å². The number of hydrogen-bond donors (Lipinski definition) is 1. The van der Waals surface area contributed by atoms with E-state index in [1.54, 1.807) is 12.1 Å². The van der Waals surface area contributed by atoms with Crippen LogP contribution in [0.15, 0.2) is 24.3 Å². The summed E-state index contributed by atoms with van der Waals surface area (Å²) in [5, 5.41) is 8.98. The zero-order chi connectivity index (χ0) is 8.10. The predicted octanol–water partition coefficient (Wildman–Crippen LogP) is 2.76. The van der Waals surface area contributed by atoms with Crippen LogP contribution in [-0.4, -0.2) is 9.53 Å². The molecule has 0 saturated carbocycles. The molecule has 0 saturated heterocycles. The van der Waals surface area contributed by atoms with Gasteiger partial charge in [0.05, 0.1) is 0 Å². The smallest absolute Gasteiger partial charge is 0.115 e. The molecule has 1 rings (SSSR count). The zero-order valence-corrected chi connectivity index (χ0v) is 12.1. The van der Waals surface area contributed by atoms with Crippen molar-refractivity contribution in [3.05, 3.63) is 29.8 Å². The summed E-state index contributed by atoms with van der Waals surface area (Å²) < 4.78 is 1.19. The average Bonchev–Trinajstić information content (AvgIpc) is 2.04. The number of phenolic OH excluding ortho intramolecular Hbond substituents is 1. The minimum atomic E-state index is 0. The first-order valence-electron chi connectivity index (χ1n) is 3.67. The molecule has 0 aliphatic heterocycles. The third-order valence-electron chi connectivity index (χ3n) is 1.54. The van der Waals surface area contributed by atoms with Crippen LogP contribution in [0.3, 0.4) is 0 Å². The fourth-order valence-electron chi connectivity index (χ4n) is 0.934. The van der Waals surface area contributed by atoms with Crippen molar-refractivity contribution in [2.75, 3.05) is 4.43 Å². The largest absolute Gasteiger partial charge is 0.508 e. The summed E-state index contributed by atoms with van der Waals surface area (Å²) in [6.07, 6.45) is 2.33. The van der Waals surface area contributed by atoms with Crippen LogP contribution in [0, 0.1) is 0 Å².